The fraction of sp³-hybridized carbons (Fsp3) is 0.161. The van der Waals surface area contributed by atoms with Gasteiger partial charge < -0.3 is 10.2 Å². The lowest BCUT2D eigenvalue weighted by atomic mass is 9.98. The first kappa shape index (κ1) is 26.7. The number of carbonyl (C=O) groups excluding carboxylic acids is 1. The zero-order chi connectivity index (χ0) is 27.9. The highest BCUT2D eigenvalue weighted by Gasteiger charge is 2.20. The van der Waals surface area contributed by atoms with Crippen molar-refractivity contribution in [2.75, 3.05) is 16.8 Å². The second-order valence-corrected chi connectivity index (χ2v) is 9.48. The van der Waals surface area contributed by atoms with Crippen LogP contribution in [0.3, 0.4) is 0 Å². The van der Waals surface area contributed by atoms with Gasteiger partial charge in [-0.1, -0.05) is 90.5 Å². The molecule has 1 amide bonds. The molecule has 0 saturated carbocycles. The molecule has 0 atom stereocenters. The molecular formula is C31H28F2N6O. The Labute approximate surface area is 230 Å². The molecule has 7 nitrogen and oxygen atoms in total. The number of hydrogen-bond donors (Lipinski definition) is 2. The molecule has 0 aliphatic carbocycles. The molecule has 0 aliphatic heterocycles. The van der Waals surface area contributed by atoms with E-state index in [1.54, 1.807) is 11.0 Å². The molecule has 9 heteroatoms. The quantitative estimate of drug-likeness (QED) is 0.218. The number of benzene rings is 4. The molecule has 5 rings (SSSR count). The van der Waals surface area contributed by atoms with Gasteiger partial charge in [-0.15, -0.1) is 10.2 Å². The summed E-state index contributed by atoms with van der Waals surface area (Å²) >= 11 is 0. The lowest BCUT2D eigenvalue weighted by Gasteiger charge is -2.28. The largest absolute Gasteiger partial charge is 0.360 e. The summed E-state index contributed by atoms with van der Waals surface area (Å²) in [7, 11) is 0. The average Bonchev–Trinajstić information content (AvgIpc) is 3.49. The molecule has 0 aliphatic rings. The van der Waals surface area contributed by atoms with E-state index in [4.69, 9.17) is 0 Å². The highest BCUT2D eigenvalue weighted by atomic mass is 19.3. The summed E-state index contributed by atoms with van der Waals surface area (Å²) < 4.78 is 27.6. The highest BCUT2D eigenvalue weighted by molar-refractivity contribution is 5.97. The van der Waals surface area contributed by atoms with E-state index in [-0.39, 0.29) is 18.9 Å². The fourth-order valence-corrected chi connectivity index (χ4v) is 4.59. The van der Waals surface area contributed by atoms with Crippen molar-refractivity contribution in [2.45, 2.75) is 26.3 Å². The van der Waals surface area contributed by atoms with Gasteiger partial charge in [0.05, 0.1) is 24.3 Å². The van der Waals surface area contributed by atoms with Crippen molar-refractivity contribution in [3.8, 4) is 22.5 Å². The predicted molar refractivity (Wildman–Crippen MR) is 152 cm³/mol. The standard InChI is InChI=1S/C31H28F2N6O/c1-21-11-13-22(14-12-21)17-30(40)34-27-18-24(25-9-5-6-10-26(25)31-35-37-38-36-31)15-16-28(27)39(20-29(32)33)19-23-7-3-2-4-8-23/h2-16,18,29H,17,19-20H2,1H3,(H,34,40)(H,35,36,37,38). The van der Waals surface area contributed by atoms with Crippen LogP contribution >= 0.6 is 0 Å². The third-order valence-corrected chi connectivity index (χ3v) is 6.50. The Kier molecular flexibility index (Phi) is 8.20. The van der Waals surface area contributed by atoms with Gasteiger partial charge in [-0.05, 0) is 46.5 Å². The van der Waals surface area contributed by atoms with E-state index >= 15 is 0 Å². The number of anilines is 2. The van der Waals surface area contributed by atoms with Gasteiger partial charge in [0.15, 0.2) is 0 Å². The van der Waals surface area contributed by atoms with Crippen molar-refractivity contribution in [3.63, 3.8) is 0 Å². The molecule has 5 aromatic rings. The summed E-state index contributed by atoms with van der Waals surface area (Å²) in [5, 5.41) is 17.4. The number of nitrogens with zero attached hydrogens (tertiary/aromatic N) is 4. The van der Waals surface area contributed by atoms with Crippen molar-refractivity contribution < 1.29 is 13.6 Å². The number of aromatic nitrogens is 4. The first-order valence-corrected chi connectivity index (χ1v) is 12.9. The number of hydrogen-bond acceptors (Lipinski definition) is 5. The zero-order valence-corrected chi connectivity index (χ0v) is 21.9. The van der Waals surface area contributed by atoms with E-state index in [0.717, 1.165) is 33.4 Å². The minimum absolute atomic E-state index is 0.150. The van der Waals surface area contributed by atoms with E-state index in [1.807, 2.05) is 97.9 Å². The maximum atomic E-state index is 13.8. The van der Waals surface area contributed by atoms with Crippen LogP contribution in [0.15, 0.2) is 97.1 Å². The number of H-pyrrole nitrogens is 1. The molecule has 1 aromatic heterocycles. The maximum absolute atomic E-state index is 13.8. The van der Waals surface area contributed by atoms with E-state index in [2.05, 4.69) is 25.9 Å². The van der Waals surface area contributed by atoms with Gasteiger partial charge in [-0.2, -0.15) is 5.21 Å². The molecule has 0 bridgehead atoms. The lowest BCUT2D eigenvalue weighted by molar-refractivity contribution is -0.115. The summed E-state index contributed by atoms with van der Waals surface area (Å²) in [5.41, 5.74) is 6.11. The SMILES string of the molecule is Cc1ccc(CC(=O)Nc2cc(-c3ccccc3-c3nn[nH]n3)ccc2N(Cc2ccccc2)CC(F)F)cc1. The Morgan fingerprint density at radius 1 is 0.900 bits per heavy atom. The van der Waals surface area contributed by atoms with E-state index in [0.29, 0.717) is 17.2 Å². The van der Waals surface area contributed by atoms with Crippen molar-refractivity contribution in [3.05, 3.63) is 114 Å². The van der Waals surface area contributed by atoms with Crippen molar-refractivity contribution in [1.29, 1.82) is 0 Å². The second kappa shape index (κ2) is 12.3. The zero-order valence-electron chi connectivity index (χ0n) is 21.9. The maximum Gasteiger partial charge on any atom is 0.255 e. The van der Waals surface area contributed by atoms with E-state index in [9.17, 15) is 13.6 Å². The Balaban J connectivity index is 1.55. The molecule has 202 valence electrons. The number of nitrogens with one attached hydrogen (secondary N) is 2. The van der Waals surface area contributed by atoms with Gasteiger partial charge in [-0.3, -0.25) is 4.79 Å². The predicted octanol–water partition coefficient (Wildman–Crippen LogP) is 6.30. The molecule has 4 aromatic carbocycles. The molecule has 0 radical (unpaired) electrons. The molecule has 0 spiro atoms. The molecule has 40 heavy (non-hydrogen) atoms. The van der Waals surface area contributed by atoms with Crippen LogP contribution in [0.1, 0.15) is 16.7 Å². The fourth-order valence-electron chi connectivity index (χ4n) is 4.59. The third-order valence-electron chi connectivity index (χ3n) is 6.50. The summed E-state index contributed by atoms with van der Waals surface area (Å²) in [5.74, 6) is 0.179. The monoisotopic (exact) mass is 538 g/mol. The van der Waals surface area contributed by atoms with Crippen LogP contribution in [-0.4, -0.2) is 39.5 Å². The minimum Gasteiger partial charge on any atom is -0.360 e. The summed E-state index contributed by atoms with van der Waals surface area (Å²) in [4.78, 5) is 14.8. The molecule has 0 saturated heterocycles. The van der Waals surface area contributed by atoms with Crippen molar-refractivity contribution in [1.82, 2.24) is 20.6 Å². The lowest BCUT2D eigenvalue weighted by Crippen LogP contribution is -2.29. The Hall–Kier alpha value is -4.92. The highest BCUT2D eigenvalue weighted by Crippen LogP contribution is 2.36. The number of aryl methyl sites for hydroxylation is 1. The van der Waals surface area contributed by atoms with Crippen LogP contribution in [0.4, 0.5) is 20.2 Å². The number of aromatic amines is 1. The number of rotatable bonds is 10. The normalized spacial score (nSPS) is 11.0. The van der Waals surface area contributed by atoms with Crippen LogP contribution in [0.5, 0.6) is 0 Å². The Bertz CT molecular complexity index is 1560. The molecule has 2 N–H and O–H groups in total. The molecule has 0 unspecified atom stereocenters. The van der Waals surface area contributed by atoms with Crippen LogP contribution in [0.2, 0.25) is 0 Å². The smallest absolute Gasteiger partial charge is 0.255 e. The van der Waals surface area contributed by atoms with Crippen LogP contribution in [0.25, 0.3) is 22.5 Å². The minimum atomic E-state index is -2.57. The molecule has 1 heterocycles. The van der Waals surface area contributed by atoms with Gasteiger partial charge in [0.25, 0.3) is 6.43 Å². The molecule has 0 fully saturated rings. The Morgan fingerprint density at radius 2 is 1.62 bits per heavy atom. The van der Waals surface area contributed by atoms with Crippen molar-refractivity contribution in [2.24, 2.45) is 0 Å². The second-order valence-electron chi connectivity index (χ2n) is 9.48. The number of halogens is 2. The van der Waals surface area contributed by atoms with E-state index < -0.39 is 13.0 Å². The number of alkyl halides is 2. The van der Waals surface area contributed by atoms with Crippen molar-refractivity contribution >= 4 is 17.3 Å². The van der Waals surface area contributed by atoms with E-state index in [1.165, 1.54) is 0 Å². The summed E-state index contributed by atoms with van der Waals surface area (Å²) in [6.45, 7) is 1.75. The van der Waals surface area contributed by atoms with Gasteiger partial charge >= 0.3 is 0 Å². The van der Waals surface area contributed by atoms with Gasteiger partial charge in [0, 0.05) is 12.1 Å². The first-order chi connectivity index (χ1) is 19.5. The Morgan fingerprint density at radius 3 is 2.33 bits per heavy atom. The number of amides is 1. The topological polar surface area (TPSA) is 86.8 Å². The average molecular weight is 539 g/mol. The molecular weight excluding hydrogens is 510 g/mol. The van der Waals surface area contributed by atoms with Crippen LogP contribution in [0, 0.1) is 6.92 Å². The number of carbonyl (C=O) groups is 1. The number of tetrazole rings is 1. The summed E-state index contributed by atoms with van der Waals surface area (Å²) in [6, 6.07) is 30.1. The first-order valence-electron chi connectivity index (χ1n) is 12.9. The van der Waals surface area contributed by atoms with Gasteiger partial charge in [-0.25, -0.2) is 8.78 Å². The summed E-state index contributed by atoms with van der Waals surface area (Å²) in [6.07, 6.45) is -2.42. The van der Waals surface area contributed by atoms with Crippen LogP contribution in [-0.2, 0) is 17.8 Å². The van der Waals surface area contributed by atoms with Gasteiger partial charge in [0.1, 0.15) is 0 Å². The van der Waals surface area contributed by atoms with Gasteiger partial charge in [0.2, 0.25) is 11.7 Å². The van der Waals surface area contributed by atoms with Crippen LogP contribution < -0.4 is 10.2 Å². The third kappa shape index (κ3) is 6.55.